The number of carboxylic acid groups (broad SMARTS) is 1. The number of aliphatic carboxylic acids is 1. The predicted octanol–water partition coefficient (Wildman–Crippen LogP) is 3.71. The number of nitrogens with one attached hydrogen (secondary N) is 1. The maximum absolute atomic E-state index is 12.6. The maximum atomic E-state index is 12.6. The lowest BCUT2D eigenvalue weighted by atomic mass is 10.0. The number of likely N-dealkylation sites (tertiary alicyclic amines) is 1. The van der Waals surface area contributed by atoms with Gasteiger partial charge in [0.25, 0.3) is 0 Å². The highest BCUT2D eigenvalue weighted by molar-refractivity contribution is 5.76. The summed E-state index contributed by atoms with van der Waals surface area (Å²) in [5.74, 6) is -2.53. The van der Waals surface area contributed by atoms with Gasteiger partial charge >= 0.3 is 12.1 Å². The highest BCUT2D eigenvalue weighted by Crippen LogP contribution is 2.25. The zero-order chi connectivity index (χ0) is 25.6. The first-order chi connectivity index (χ1) is 16.6. The predicted molar refractivity (Wildman–Crippen MR) is 120 cm³/mol. The number of aromatic nitrogens is 5. The summed E-state index contributed by atoms with van der Waals surface area (Å²) in [6.45, 7) is 5.53. The van der Waals surface area contributed by atoms with Crippen LogP contribution in [-0.2, 0) is 16.0 Å². The van der Waals surface area contributed by atoms with Gasteiger partial charge in [0, 0.05) is 30.8 Å². The summed E-state index contributed by atoms with van der Waals surface area (Å²) < 4.78 is 33.7. The molecule has 0 unspecified atom stereocenters. The lowest BCUT2D eigenvalue weighted by Crippen LogP contribution is -2.39. The van der Waals surface area contributed by atoms with Crippen LogP contribution in [0.4, 0.5) is 13.2 Å². The minimum atomic E-state index is -5.08. The quantitative estimate of drug-likeness (QED) is 0.561. The van der Waals surface area contributed by atoms with E-state index >= 15 is 0 Å². The van der Waals surface area contributed by atoms with Gasteiger partial charge in [-0.25, -0.2) is 9.48 Å². The van der Waals surface area contributed by atoms with E-state index in [0.717, 1.165) is 55.0 Å². The fraction of sp³-hybridized carbons (Fsp3) is 0.435. The molecule has 9 nitrogen and oxygen atoms in total. The number of carbonyl (C=O) groups is 2. The zero-order valence-corrected chi connectivity index (χ0v) is 19.4. The highest BCUT2D eigenvalue weighted by atomic mass is 19.4. The van der Waals surface area contributed by atoms with Crippen molar-refractivity contribution >= 4 is 11.9 Å². The van der Waals surface area contributed by atoms with Crippen LogP contribution in [0, 0.1) is 13.8 Å². The smallest absolute Gasteiger partial charge is 0.475 e. The molecule has 1 aliphatic rings. The Morgan fingerprint density at radius 3 is 2.31 bits per heavy atom. The van der Waals surface area contributed by atoms with Gasteiger partial charge in [-0.15, -0.1) is 5.10 Å². The first-order valence-electron chi connectivity index (χ1n) is 11.1. The SMILES string of the molecule is Cc1n[nH]c(C)c1CCC(=O)N1CCC(n2cc(-c3ccccc3)nn2)CC1.O=C(O)C(F)(F)F. The van der Waals surface area contributed by atoms with E-state index in [9.17, 15) is 18.0 Å². The van der Waals surface area contributed by atoms with E-state index in [1.165, 1.54) is 5.56 Å². The van der Waals surface area contributed by atoms with Crippen LogP contribution in [0.25, 0.3) is 11.3 Å². The minimum absolute atomic E-state index is 0.224. The van der Waals surface area contributed by atoms with Crippen molar-refractivity contribution in [2.45, 2.75) is 51.7 Å². The molecule has 0 radical (unpaired) electrons. The summed E-state index contributed by atoms with van der Waals surface area (Å²) >= 11 is 0. The second kappa shape index (κ2) is 11.2. The number of hydrogen-bond donors (Lipinski definition) is 2. The summed E-state index contributed by atoms with van der Waals surface area (Å²) in [5, 5.41) is 23.0. The number of carbonyl (C=O) groups excluding carboxylic acids is 1. The molecule has 1 fully saturated rings. The summed E-state index contributed by atoms with van der Waals surface area (Å²) in [6, 6.07) is 10.4. The fourth-order valence-corrected chi connectivity index (χ4v) is 3.91. The average Bonchev–Trinajstić information content (AvgIpc) is 3.45. The number of nitrogens with zero attached hydrogens (tertiary/aromatic N) is 5. The van der Waals surface area contributed by atoms with Crippen molar-refractivity contribution in [1.82, 2.24) is 30.1 Å². The fourth-order valence-electron chi connectivity index (χ4n) is 3.91. The maximum Gasteiger partial charge on any atom is 0.490 e. The molecule has 188 valence electrons. The number of halogens is 3. The molecule has 1 aromatic carbocycles. The van der Waals surface area contributed by atoms with Gasteiger partial charge in [-0.05, 0) is 38.7 Å². The van der Waals surface area contributed by atoms with Crippen LogP contribution in [0.15, 0.2) is 36.5 Å². The zero-order valence-electron chi connectivity index (χ0n) is 19.4. The Morgan fingerprint density at radius 2 is 1.77 bits per heavy atom. The molecule has 0 atom stereocenters. The number of rotatable bonds is 5. The lowest BCUT2D eigenvalue weighted by molar-refractivity contribution is -0.192. The molecule has 0 spiro atoms. The number of aryl methyl sites for hydroxylation is 2. The minimum Gasteiger partial charge on any atom is -0.475 e. The molecule has 3 aromatic rings. The number of amides is 1. The van der Waals surface area contributed by atoms with Gasteiger partial charge < -0.3 is 10.0 Å². The second-order valence-electron chi connectivity index (χ2n) is 8.28. The van der Waals surface area contributed by atoms with Crippen LogP contribution < -0.4 is 0 Å². The Balaban J connectivity index is 0.000000429. The van der Waals surface area contributed by atoms with Gasteiger partial charge in [0.1, 0.15) is 5.69 Å². The molecule has 2 aromatic heterocycles. The number of hydrogen-bond acceptors (Lipinski definition) is 5. The third-order valence-corrected chi connectivity index (χ3v) is 5.88. The van der Waals surface area contributed by atoms with E-state index in [-0.39, 0.29) is 5.91 Å². The second-order valence-corrected chi connectivity index (χ2v) is 8.28. The van der Waals surface area contributed by atoms with E-state index < -0.39 is 12.1 Å². The number of benzene rings is 1. The van der Waals surface area contributed by atoms with Gasteiger partial charge in [-0.3, -0.25) is 9.89 Å². The number of alkyl halides is 3. The Kier molecular flexibility index (Phi) is 8.26. The molecular formula is C23H27F3N6O3. The molecule has 4 rings (SSSR count). The molecule has 0 bridgehead atoms. The molecule has 2 N–H and O–H groups in total. The van der Waals surface area contributed by atoms with Crippen molar-refractivity contribution in [3.05, 3.63) is 53.5 Å². The number of aromatic amines is 1. The molecular weight excluding hydrogens is 465 g/mol. The van der Waals surface area contributed by atoms with Crippen molar-refractivity contribution in [3.63, 3.8) is 0 Å². The van der Waals surface area contributed by atoms with Gasteiger partial charge in [-0.2, -0.15) is 18.3 Å². The molecule has 3 heterocycles. The van der Waals surface area contributed by atoms with Crippen molar-refractivity contribution in [3.8, 4) is 11.3 Å². The third kappa shape index (κ3) is 6.90. The summed E-state index contributed by atoms with van der Waals surface area (Å²) in [7, 11) is 0. The van der Waals surface area contributed by atoms with E-state index in [0.29, 0.717) is 12.5 Å². The van der Waals surface area contributed by atoms with E-state index in [1.807, 2.05) is 60.0 Å². The van der Waals surface area contributed by atoms with Crippen LogP contribution in [0.3, 0.4) is 0 Å². The molecule has 1 aliphatic heterocycles. The van der Waals surface area contributed by atoms with E-state index in [4.69, 9.17) is 9.90 Å². The van der Waals surface area contributed by atoms with Gasteiger partial charge in [-0.1, -0.05) is 35.5 Å². The van der Waals surface area contributed by atoms with Crippen LogP contribution >= 0.6 is 0 Å². The first kappa shape index (κ1) is 25.9. The van der Waals surface area contributed by atoms with Crippen LogP contribution in [0.5, 0.6) is 0 Å². The standard InChI is InChI=1S/C21H26N6O.C2HF3O2/c1-15-19(16(2)23-22-15)8-9-21(28)26-12-10-18(11-13-26)27-14-20(24-25-27)17-6-4-3-5-7-17;3-2(4,5)1(6)7/h3-7,14,18H,8-13H2,1-2H3,(H,22,23);(H,6,7). The van der Waals surface area contributed by atoms with Gasteiger partial charge in [0.2, 0.25) is 5.91 Å². The normalized spacial score (nSPS) is 14.4. The monoisotopic (exact) mass is 492 g/mol. The Bertz CT molecular complexity index is 1120. The van der Waals surface area contributed by atoms with E-state index in [2.05, 4.69) is 20.5 Å². The third-order valence-electron chi connectivity index (χ3n) is 5.88. The average molecular weight is 493 g/mol. The van der Waals surface area contributed by atoms with Crippen molar-refractivity contribution in [1.29, 1.82) is 0 Å². The molecule has 1 saturated heterocycles. The van der Waals surface area contributed by atoms with E-state index in [1.54, 1.807) is 0 Å². The summed E-state index contributed by atoms with van der Waals surface area (Å²) in [4.78, 5) is 23.5. The van der Waals surface area contributed by atoms with Crippen LogP contribution in [0.1, 0.15) is 42.3 Å². The highest BCUT2D eigenvalue weighted by Gasteiger charge is 2.38. The van der Waals surface area contributed by atoms with Gasteiger partial charge in [0.05, 0.1) is 17.9 Å². The van der Waals surface area contributed by atoms with Crippen molar-refractivity contribution in [2.24, 2.45) is 0 Å². The summed E-state index contributed by atoms with van der Waals surface area (Å²) in [5.41, 5.74) is 5.18. The number of piperidine rings is 1. The summed E-state index contributed by atoms with van der Waals surface area (Å²) in [6.07, 6.45) is 0.0337. The molecule has 12 heteroatoms. The van der Waals surface area contributed by atoms with Gasteiger partial charge in [0.15, 0.2) is 0 Å². The van der Waals surface area contributed by atoms with Crippen molar-refractivity contribution < 1.29 is 27.9 Å². The molecule has 0 aliphatic carbocycles. The Morgan fingerprint density at radius 1 is 1.14 bits per heavy atom. The Hall–Kier alpha value is -3.70. The molecule has 35 heavy (non-hydrogen) atoms. The largest absolute Gasteiger partial charge is 0.490 e. The Labute approximate surface area is 199 Å². The number of H-pyrrole nitrogens is 1. The molecule has 0 saturated carbocycles. The van der Waals surface area contributed by atoms with Crippen LogP contribution in [0.2, 0.25) is 0 Å². The molecule has 1 amide bonds. The first-order valence-corrected chi connectivity index (χ1v) is 11.1. The topological polar surface area (TPSA) is 117 Å². The van der Waals surface area contributed by atoms with Crippen molar-refractivity contribution in [2.75, 3.05) is 13.1 Å². The van der Waals surface area contributed by atoms with Crippen LogP contribution in [-0.4, -0.2) is 66.3 Å². The number of carboxylic acids is 1. The lowest BCUT2D eigenvalue weighted by Gasteiger charge is -2.32.